The molecule has 0 saturated carbocycles. The molecule has 2 aromatic rings. The van der Waals surface area contributed by atoms with Gasteiger partial charge in [0.15, 0.2) is 5.69 Å². The molecule has 1 unspecified atom stereocenters. The van der Waals surface area contributed by atoms with Crippen molar-refractivity contribution in [2.24, 2.45) is 5.73 Å². The molecule has 2 rings (SSSR count). The molecular formula is C12H14N4O2. The van der Waals surface area contributed by atoms with Crippen molar-refractivity contribution >= 4 is 5.97 Å². The Morgan fingerprint density at radius 1 is 1.44 bits per heavy atom. The summed E-state index contributed by atoms with van der Waals surface area (Å²) in [5.41, 5.74) is 6.95. The molecule has 0 fully saturated rings. The Balaban J connectivity index is 2.43. The highest BCUT2D eigenvalue weighted by atomic mass is 16.4. The first-order valence-electron chi connectivity index (χ1n) is 5.57. The third kappa shape index (κ3) is 2.10. The number of aromatic carboxylic acids is 1. The van der Waals surface area contributed by atoms with E-state index in [9.17, 15) is 4.79 Å². The van der Waals surface area contributed by atoms with Crippen LogP contribution >= 0.6 is 0 Å². The SMILES string of the molecule is CC(c1ccccc1)n1nnc(C(=O)O)c1CN. The van der Waals surface area contributed by atoms with Crippen molar-refractivity contribution in [3.8, 4) is 0 Å². The van der Waals surface area contributed by atoms with E-state index in [1.165, 1.54) is 0 Å². The zero-order valence-electron chi connectivity index (χ0n) is 9.95. The number of hydrogen-bond donors (Lipinski definition) is 2. The molecule has 94 valence electrons. The summed E-state index contributed by atoms with van der Waals surface area (Å²) in [6.07, 6.45) is 0. The molecule has 1 aromatic heterocycles. The number of carboxylic acid groups (broad SMARTS) is 1. The summed E-state index contributed by atoms with van der Waals surface area (Å²) in [5.74, 6) is -1.11. The average Bonchev–Trinajstić information content (AvgIpc) is 2.82. The normalized spacial score (nSPS) is 12.3. The van der Waals surface area contributed by atoms with Gasteiger partial charge in [0.1, 0.15) is 0 Å². The van der Waals surface area contributed by atoms with Crippen molar-refractivity contribution in [2.75, 3.05) is 0 Å². The molecule has 18 heavy (non-hydrogen) atoms. The summed E-state index contributed by atoms with van der Waals surface area (Å²) in [5, 5.41) is 16.5. The topological polar surface area (TPSA) is 94.0 Å². The summed E-state index contributed by atoms with van der Waals surface area (Å²) in [7, 11) is 0. The van der Waals surface area contributed by atoms with Crippen molar-refractivity contribution in [3.63, 3.8) is 0 Å². The highest BCUT2D eigenvalue weighted by Crippen LogP contribution is 2.19. The number of nitrogens with zero attached hydrogens (tertiary/aromatic N) is 3. The molecule has 0 bridgehead atoms. The first-order valence-corrected chi connectivity index (χ1v) is 5.57. The average molecular weight is 246 g/mol. The second kappa shape index (κ2) is 4.97. The molecule has 0 spiro atoms. The smallest absolute Gasteiger partial charge is 0.358 e. The third-order valence-electron chi connectivity index (χ3n) is 2.84. The largest absolute Gasteiger partial charge is 0.476 e. The molecule has 6 heteroatoms. The van der Waals surface area contributed by atoms with Crippen LogP contribution in [0.1, 0.15) is 34.7 Å². The minimum absolute atomic E-state index is 0.0831. The van der Waals surface area contributed by atoms with Crippen LogP contribution in [0.5, 0.6) is 0 Å². The van der Waals surface area contributed by atoms with Gasteiger partial charge in [0.05, 0.1) is 11.7 Å². The van der Waals surface area contributed by atoms with E-state index in [0.29, 0.717) is 5.69 Å². The van der Waals surface area contributed by atoms with Crippen LogP contribution in [-0.2, 0) is 6.54 Å². The summed E-state index contributed by atoms with van der Waals surface area (Å²) in [6.45, 7) is 2.01. The Morgan fingerprint density at radius 3 is 2.67 bits per heavy atom. The van der Waals surface area contributed by atoms with Crippen LogP contribution in [0.15, 0.2) is 30.3 Å². The first kappa shape index (κ1) is 12.3. The van der Waals surface area contributed by atoms with Crippen molar-refractivity contribution in [1.29, 1.82) is 0 Å². The molecule has 0 saturated heterocycles. The van der Waals surface area contributed by atoms with Crippen LogP contribution in [0.3, 0.4) is 0 Å². The number of nitrogens with two attached hydrogens (primary N) is 1. The van der Waals surface area contributed by atoms with Gasteiger partial charge in [-0.25, -0.2) is 9.48 Å². The van der Waals surface area contributed by atoms with Crippen LogP contribution in [0.25, 0.3) is 0 Å². The minimum Gasteiger partial charge on any atom is -0.476 e. The van der Waals surface area contributed by atoms with Gasteiger partial charge in [-0.2, -0.15) is 0 Å². The highest BCUT2D eigenvalue weighted by molar-refractivity contribution is 5.86. The molecule has 1 aromatic carbocycles. The van der Waals surface area contributed by atoms with Gasteiger partial charge in [0.25, 0.3) is 0 Å². The van der Waals surface area contributed by atoms with Gasteiger partial charge in [0.2, 0.25) is 0 Å². The maximum atomic E-state index is 11.0. The Hall–Kier alpha value is -2.21. The highest BCUT2D eigenvalue weighted by Gasteiger charge is 2.21. The first-order chi connectivity index (χ1) is 8.65. The Morgan fingerprint density at radius 2 is 2.11 bits per heavy atom. The molecule has 1 atom stereocenters. The lowest BCUT2D eigenvalue weighted by Crippen LogP contribution is -2.16. The van der Waals surface area contributed by atoms with Gasteiger partial charge in [-0.1, -0.05) is 35.5 Å². The summed E-state index contributed by atoms with van der Waals surface area (Å²) >= 11 is 0. The predicted octanol–water partition coefficient (Wildman–Crippen LogP) is 1.04. The van der Waals surface area contributed by atoms with E-state index in [-0.39, 0.29) is 18.3 Å². The molecule has 0 radical (unpaired) electrons. The Labute approximate surface area is 104 Å². The maximum absolute atomic E-state index is 11.0. The van der Waals surface area contributed by atoms with Crippen molar-refractivity contribution < 1.29 is 9.90 Å². The molecule has 1 heterocycles. The van der Waals surface area contributed by atoms with Crippen LogP contribution in [0.4, 0.5) is 0 Å². The van der Waals surface area contributed by atoms with Gasteiger partial charge < -0.3 is 10.8 Å². The van der Waals surface area contributed by atoms with E-state index < -0.39 is 5.97 Å². The molecule has 0 aliphatic carbocycles. The fraction of sp³-hybridized carbons (Fsp3) is 0.250. The van der Waals surface area contributed by atoms with Crippen LogP contribution in [0, 0.1) is 0 Å². The summed E-state index contributed by atoms with van der Waals surface area (Å²) in [4.78, 5) is 11.0. The number of benzene rings is 1. The molecule has 3 N–H and O–H groups in total. The van der Waals surface area contributed by atoms with Crippen molar-refractivity contribution in [3.05, 3.63) is 47.3 Å². The number of rotatable bonds is 4. The Kier molecular flexibility index (Phi) is 3.38. The van der Waals surface area contributed by atoms with Crippen molar-refractivity contribution in [1.82, 2.24) is 15.0 Å². The number of carbonyl (C=O) groups is 1. The number of carboxylic acids is 1. The van der Waals surface area contributed by atoms with Gasteiger partial charge in [0, 0.05) is 6.54 Å². The molecule has 0 amide bonds. The standard InChI is InChI=1S/C12H14N4O2/c1-8(9-5-3-2-4-6-9)16-10(7-13)11(12(17)18)14-15-16/h2-6,8H,7,13H2,1H3,(H,17,18). The van der Waals surface area contributed by atoms with Crippen LogP contribution in [-0.4, -0.2) is 26.1 Å². The second-order valence-electron chi connectivity index (χ2n) is 3.93. The quantitative estimate of drug-likeness (QED) is 0.840. The number of aromatic nitrogens is 3. The van der Waals surface area contributed by atoms with E-state index in [0.717, 1.165) is 5.56 Å². The van der Waals surface area contributed by atoms with E-state index in [1.807, 2.05) is 37.3 Å². The van der Waals surface area contributed by atoms with E-state index in [1.54, 1.807) is 4.68 Å². The van der Waals surface area contributed by atoms with Gasteiger partial charge in [-0.15, -0.1) is 5.10 Å². The Bertz CT molecular complexity index is 550. The number of hydrogen-bond acceptors (Lipinski definition) is 4. The zero-order valence-corrected chi connectivity index (χ0v) is 9.95. The molecular weight excluding hydrogens is 232 g/mol. The van der Waals surface area contributed by atoms with E-state index in [4.69, 9.17) is 10.8 Å². The zero-order chi connectivity index (χ0) is 13.1. The molecule has 0 aliphatic rings. The van der Waals surface area contributed by atoms with Gasteiger partial charge in [-0.05, 0) is 12.5 Å². The summed E-state index contributed by atoms with van der Waals surface area (Å²) in [6, 6.07) is 9.56. The fourth-order valence-electron chi connectivity index (χ4n) is 1.85. The lowest BCUT2D eigenvalue weighted by molar-refractivity contribution is 0.0689. The minimum atomic E-state index is -1.11. The van der Waals surface area contributed by atoms with Crippen LogP contribution in [0.2, 0.25) is 0 Å². The lowest BCUT2D eigenvalue weighted by atomic mass is 10.1. The fourth-order valence-corrected chi connectivity index (χ4v) is 1.85. The van der Waals surface area contributed by atoms with E-state index in [2.05, 4.69) is 10.3 Å². The molecule has 0 aliphatic heterocycles. The van der Waals surface area contributed by atoms with Gasteiger partial charge >= 0.3 is 5.97 Å². The monoisotopic (exact) mass is 246 g/mol. The lowest BCUT2D eigenvalue weighted by Gasteiger charge is -2.14. The molecule has 6 nitrogen and oxygen atoms in total. The van der Waals surface area contributed by atoms with Crippen LogP contribution < -0.4 is 5.73 Å². The van der Waals surface area contributed by atoms with E-state index >= 15 is 0 Å². The third-order valence-corrected chi connectivity index (χ3v) is 2.84. The summed E-state index contributed by atoms with van der Waals surface area (Å²) < 4.78 is 1.55. The second-order valence-corrected chi connectivity index (χ2v) is 3.93. The maximum Gasteiger partial charge on any atom is 0.358 e. The van der Waals surface area contributed by atoms with Gasteiger partial charge in [-0.3, -0.25) is 0 Å². The predicted molar refractivity (Wildman–Crippen MR) is 65.1 cm³/mol. The van der Waals surface area contributed by atoms with Crippen molar-refractivity contribution in [2.45, 2.75) is 19.5 Å².